The largest absolute Gasteiger partial charge is 0.497 e. The molecule has 108 valence electrons. The first-order chi connectivity index (χ1) is 10.3. The van der Waals surface area contributed by atoms with E-state index in [1.54, 1.807) is 19.5 Å². The van der Waals surface area contributed by atoms with Crippen molar-refractivity contribution < 1.29 is 9.47 Å². The topological polar surface area (TPSA) is 85.0 Å². The van der Waals surface area contributed by atoms with Crippen LogP contribution in [0.4, 0.5) is 5.95 Å². The van der Waals surface area contributed by atoms with Gasteiger partial charge in [-0.3, -0.25) is 0 Å². The molecule has 0 spiro atoms. The third-order valence-electron chi connectivity index (χ3n) is 2.84. The molecule has 7 nitrogen and oxygen atoms in total. The third kappa shape index (κ3) is 2.71. The summed E-state index contributed by atoms with van der Waals surface area (Å²) in [5.74, 6) is 2.25. The highest BCUT2D eigenvalue weighted by Gasteiger charge is 2.12. The van der Waals surface area contributed by atoms with Crippen molar-refractivity contribution in [3.05, 3.63) is 30.6 Å². The highest BCUT2D eigenvalue weighted by atomic mass is 16.5. The first-order valence-corrected chi connectivity index (χ1v) is 6.57. The van der Waals surface area contributed by atoms with Crippen molar-refractivity contribution in [2.24, 2.45) is 0 Å². The maximum absolute atomic E-state index is 5.84. The van der Waals surface area contributed by atoms with Crippen LogP contribution in [0.1, 0.15) is 6.92 Å². The summed E-state index contributed by atoms with van der Waals surface area (Å²) in [6.45, 7) is 2.69. The molecule has 0 aliphatic carbocycles. The molecule has 0 saturated carbocycles. The molecule has 0 aliphatic heterocycles. The molecular formula is C14H15N5O2. The van der Waals surface area contributed by atoms with Crippen LogP contribution in [0.25, 0.3) is 11.2 Å². The number of fused-ring (bicyclic) bond motifs is 1. The number of ether oxygens (including phenoxy) is 2. The quantitative estimate of drug-likeness (QED) is 0.749. The van der Waals surface area contributed by atoms with Crippen LogP contribution in [-0.4, -0.2) is 33.6 Å². The van der Waals surface area contributed by atoms with Gasteiger partial charge in [0.25, 0.3) is 5.88 Å². The number of aromatic amines is 1. The first-order valence-electron chi connectivity index (χ1n) is 6.57. The van der Waals surface area contributed by atoms with Gasteiger partial charge in [-0.2, -0.15) is 9.97 Å². The molecular weight excluding hydrogens is 270 g/mol. The lowest BCUT2D eigenvalue weighted by Gasteiger charge is -2.08. The second kappa shape index (κ2) is 5.66. The zero-order chi connectivity index (χ0) is 14.7. The van der Waals surface area contributed by atoms with Gasteiger partial charge in [-0.15, -0.1) is 0 Å². The number of nitrogens with zero attached hydrogens (tertiary/aromatic N) is 3. The smallest absolute Gasteiger partial charge is 0.250 e. The summed E-state index contributed by atoms with van der Waals surface area (Å²) in [6.07, 6.45) is 1.56. The lowest BCUT2D eigenvalue weighted by Crippen LogP contribution is -2.03. The van der Waals surface area contributed by atoms with Gasteiger partial charge in [0.1, 0.15) is 17.0 Å². The number of methoxy groups -OCH3 is 1. The van der Waals surface area contributed by atoms with Crippen LogP contribution < -0.4 is 14.8 Å². The van der Waals surface area contributed by atoms with Gasteiger partial charge in [0.2, 0.25) is 5.95 Å². The number of hydrogen-bond donors (Lipinski definition) is 2. The number of rotatable bonds is 5. The maximum Gasteiger partial charge on any atom is 0.250 e. The van der Waals surface area contributed by atoms with Crippen LogP contribution in [0.15, 0.2) is 30.6 Å². The summed E-state index contributed by atoms with van der Waals surface area (Å²) in [7, 11) is 1.61. The van der Waals surface area contributed by atoms with Gasteiger partial charge in [-0.1, -0.05) is 6.07 Å². The molecule has 21 heavy (non-hydrogen) atoms. The molecule has 0 fully saturated rings. The Kier molecular flexibility index (Phi) is 3.55. The van der Waals surface area contributed by atoms with Crippen molar-refractivity contribution in [3.63, 3.8) is 0 Å². The van der Waals surface area contributed by atoms with Gasteiger partial charge >= 0.3 is 0 Å². The molecule has 3 rings (SSSR count). The molecule has 0 unspecified atom stereocenters. The fourth-order valence-electron chi connectivity index (χ4n) is 1.89. The minimum absolute atomic E-state index is 0.418. The number of anilines is 1. The Balaban J connectivity index is 1.99. The Bertz CT molecular complexity index is 756. The summed E-state index contributed by atoms with van der Waals surface area (Å²) in [6, 6.07) is 7.32. The zero-order valence-electron chi connectivity index (χ0n) is 11.8. The normalized spacial score (nSPS) is 10.6. The van der Waals surface area contributed by atoms with E-state index in [-0.39, 0.29) is 0 Å². The molecule has 2 N–H and O–H groups in total. The van der Waals surface area contributed by atoms with E-state index in [1.165, 1.54) is 0 Å². The van der Waals surface area contributed by atoms with E-state index in [9.17, 15) is 0 Å². The van der Waals surface area contributed by atoms with Crippen molar-refractivity contribution in [2.45, 2.75) is 6.92 Å². The molecule has 0 bridgehead atoms. The van der Waals surface area contributed by atoms with Crippen molar-refractivity contribution >= 4 is 17.1 Å². The molecule has 0 amide bonds. The second-order valence-electron chi connectivity index (χ2n) is 4.26. The standard InChI is InChI=1S/C14H15N5O2/c1-3-15-14-18-12-11(16-8-17-12)13(19-14)21-10-6-4-5-9(7-10)20-2/h4-8H,3H2,1-2H3,(H2,15,16,17,18,19). The molecule has 3 aromatic rings. The van der Waals surface area contributed by atoms with Crippen LogP contribution >= 0.6 is 0 Å². The summed E-state index contributed by atoms with van der Waals surface area (Å²) >= 11 is 0. The maximum atomic E-state index is 5.84. The highest BCUT2D eigenvalue weighted by molar-refractivity contribution is 5.77. The number of hydrogen-bond acceptors (Lipinski definition) is 6. The Morgan fingerprint density at radius 3 is 2.90 bits per heavy atom. The van der Waals surface area contributed by atoms with Crippen LogP contribution in [0.5, 0.6) is 17.4 Å². The monoisotopic (exact) mass is 285 g/mol. The summed E-state index contributed by atoms with van der Waals surface area (Å²) < 4.78 is 11.0. The van der Waals surface area contributed by atoms with E-state index in [1.807, 2.05) is 25.1 Å². The molecule has 7 heteroatoms. The van der Waals surface area contributed by atoms with Crippen molar-refractivity contribution in [2.75, 3.05) is 19.0 Å². The number of imidazole rings is 1. The highest BCUT2D eigenvalue weighted by Crippen LogP contribution is 2.28. The van der Waals surface area contributed by atoms with Gasteiger partial charge in [-0.25, -0.2) is 4.98 Å². The summed E-state index contributed by atoms with van der Waals surface area (Å²) in [5.41, 5.74) is 1.21. The Morgan fingerprint density at radius 1 is 1.24 bits per heavy atom. The summed E-state index contributed by atoms with van der Waals surface area (Å²) in [5, 5.41) is 3.06. The van der Waals surface area contributed by atoms with E-state index in [0.717, 1.165) is 0 Å². The Hall–Kier alpha value is -2.83. The van der Waals surface area contributed by atoms with Gasteiger partial charge < -0.3 is 19.8 Å². The number of nitrogens with one attached hydrogen (secondary N) is 2. The van der Waals surface area contributed by atoms with E-state index < -0.39 is 0 Å². The van der Waals surface area contributed by atoms with Crippen LogP contribution in [0.3, 0.4) is 0 Å². The van der Waals surface area contributed by atoms with Crippen LogP contribution in [0.2, 0.25) is 0 Å². The van der Waals surface area contributed by atoms with Crippen LogP contribution in [0, 0.1) is 0 Å². The number of aromatic nitrogens is 4. The first kappa shape index (κ1) is 13.2. The predicted molar refractivity (Wildman–Crippen MR) is 78.9 cm³/mol. The van der Waals surface area contributed by atoms with Gasteiger partial charge in [0, 0.05) is 12.6 Å². The van der Waals surface area contributed by atoms with Crippen molar-refractivity contribution in [1.29, 1.82) is 0 Å². The molecule has 0 radical (unpaired) electrons. The average Bonchev–Trinajstić information content (AvgIpc) is 2.96. The Labute approximate surface area is 121 Å². The van der Waals surface area contributed by atoms with Crippen LogP contribution in [-0.2, 0) is 0 Å². The lowest BCUT2D eigenvalue weighted by atomic mass is 10.3. The fraction of sp³-hybridized carbons (Fsp3) is 0.214. The molecule has 1 aromatic carbocycles. The van der Waals surface area contributed by atoms with Crippen molar-refractivity contribution in [1.82, 2.24) is 19.9 Å². The Morgan fingerprint density at radius 2 is 2.10 bits per heavy atom. The van der Waals surface area contributed by atoms with E-state index in [2.05, 4.69) is 25.3 Å². The van der Waals surface area contributed by atoms with Gasteiger partial charge in [0.15, 0.2) is 5.65 Å². The minimum Gasteiger partial charge on any atom is -0.497 e. The van der Waals surface area contributed by atoms with E-state index >= 15 is 0 Å². The molecule has 2 heterocycles. The number of benzene rings is 1. The summed E-state index contributed by atoms with van der Waals surface area (Å²) in [4.78, 5) is 15.8. The van der Waals surface area contributed by atoms with Gasteiger partial charge in [0.05, 0.1) is 13.4 Å². The average molecular weight is 285 g/mol. The third-order valence-corrected chi connectivity index (χ3v) is 2.84. The molecule has 0 aliphatic rings. The number of H-pyrrole nitrogens is 1. The lowest BCUT2D eigenvalue weighted by molar-refractivity contribution is 0.408. The van der Waals surface area contributed by atoms with Gasteiger partial charge in [-0.05, 0) is 19.1 Å². The fourth-order valence-corrected chi connectivity index (χ4v) is 1.89. The predicted octanol–water partition coefficient (Wildman–Crippen LogP) is 2.59. The van der Waals surface area contributed by atoms with Crippen molar-refractivity contribution in [3.8, 4) is 17.4 Å². The molecule has 0 saturated heterocycles. The van der Waals surface area contributed by atoms with E-state index in [4.69, 9.17) is 9.47 Å². The zero-order valence-corrected chi connectivity index (χ0v) is 11.8. The minimum atomic E-state index is 0.418. The van der Waals surface area contributed by atoms with E-state index in [0.29, 0.717) is 41.0 Å². The molecule has 0 atom stereocenters. The SMILES string of the molecule is CCNc1nc(Oc2cccc(OC)c2)c2[nH]cnc2n1. The second-order valence-corrected chi connectivity index (χ2v) is 4.26. The molecule has 2 aromatic heterocycles.